The zero-order valence-electron chi connectivity index (χ0n) is 7.58. The molecule has 68 valence electrons. The molecule has 2 atom stereocenters. The summed E-state index contributed by atoms with van der Waals surface area (Å²) >= 11 is 0. The lowest BCUT2D eigenvalue weighted by Crippen LogP contribution is -2.29. The zero-order chi connectivity index (χ0) is 8.39. The molecule has 12 heavy (non-hydrogen) atoms. The highest BCUT2D eigenvalue weighted by atomic mass is 16.5. The standard InChI is InChI=1S/C10H16O2/c1-11-9-4-5-10-8(7-9)3-2-6-12-10/h7,9-10H,2-6H2,1H3/t9-,10+/m0/s1. The van der Waals surface area contributed by atoms with Gasteiger partial charge in [0, 0.05) is 13.7 Å². The van der Waals surface area contributed by atoms with Gasteiger partial charge >= 0.3 is 0 Å². The summed E-state index contributed by atoms with van der Waals surface area (Å²) in [7, 11) is 1.78. The average molecular weight is 168 g/mol. The molecule has 0 N–H and O–H groups in total. The van der Waals surface area contributed by atoms with E-state index < -0.39 is 0 Å². The number of hydrogen-bond acceptors (Lipinski definition) is 2. The number of methoxy groups -OCH3 is 1. The van der Waals surface area contributed by atoms with Gasteiger partial charge < -0.3 is 9.47 Å². The van der Waals surface area contributed by atoms with Crippen LogP contribution in [0.2, 0.25) is 0 Å². The van der Waals surface area contributed by atoms with Crippen LogP contribution in [0.15, 0.2) is 11.6 Å². The smallest absolute Gasteiger partial charge is 0.0787 e. The van der Waals surface area contributed by atoms with Crippen molar-refractivity contribution in [2.45, 2.75) is 37.9 Å². The Hall–Kier alpha value is -0.340. The van der Waals surface area contributed by atoms with Gasteiger partial charge in [0.15, 0.2) is 0 Å². The van der Waals surface area contributed by atoms with Crippen LogP contribution < -0.4 is 0 Å². The SMILES string of the molecule is CO[C@@H]1C=C2CCCO[C@@H]2CC1. The van der Waals surface area contributed by atoms with Crippen molar-refractivity contribution in [1.29, 1.82) is 0 Å². The van der Waals surface area contributed by atoms with E-state index in [9.17, 15) is 0 Å². The van der Waals surface area contributed by atoms with Crippen molar-refractivity contribution in [2.24, 2.45) is 0 Å². The molecular formula is C10H16O2. The minimum atomic E-state index is 0.345. The van der Waals surface area contributed by atoms with Gasteiger partial charge in [-0.25, -0.2) is 0 Å². The van der Waals surface area contributed by atoms with Gasteiger partial charge in [-0.1, -0.05) is 6.08 Å². The van der Waals surface area contributed by atoms with Crippen molar-refractivity contribution < 1.29 is 9.47 Å². The van der Waals surface area contributed by atoms with Crippen LogP contribution in [0.4, 0.5) is 0 Å². The van der Waals surface area contributed by atoms with Gasteiger partial charge in [0.2, 0.25) is 0 Å². The first-order valence-corrected chi connectivity index (χ1v) is 4.75. The molecule has 2 nitrogen and oxygen atoms in total. The molecule has 1 aliphatic carbocycles. The number of ether oxygens (including phenoxy) is 2. The predicted octanol–water partition coefficient (Wildman–Crippen LogP) is 1.90. The van der Waals surface area contributed by atoms with E-state index in [4.69, 9.17) is 9.47 Å². The Bertz CT molecular complexity index is 186. The molecule has 0 aromatic carbocycles. The maximum Gasteiger partial charge on any atom is 0.0787 e. The molecule has 2 aliphatic rings. The number of rotatable bonds is 1. The van der Waals surface area contributed by atoms with E-state index in [-0.39, 0.29) is 0 Å². The van der Waals surface area contributed by atoms with Gasteiger partial charge in [0.25, 0.3) is 0 Å². The van der Waals surface area contributed by atoms with Gasteiger partial charge in [-0.15, -0.1) is 0 Å². The summed E-state index contributed by atoms with van der Waals surface area (Å²) in [5, 5.41) is 0. The quantitative estimate of drug-likeness (QED) is 0.557. The maximum atomic E-state index is 5.65. The van der Waals surface area contributed by atoms with Crippen LogP contribution >= 0.6 is 0 Å². The van der Waals surface area contributed by atoms with Crippen molar-refractivity contribution in [3.05, 3.63) is 11.6 Å². The molecule has 2 heteroatoms. The van der Waals surface area contributed by atoms with Crippen LogP contribution in [0.25, 0.3) is 0 Å². The van der Waals surface area contributed by atoms with E-state index in [0.717, 1.165) is 19.4 Å². The largest absolute Gasteiger partial charge is 0.377 e. The first-order valence-electron chi connectivity index (χ1n) is 4.75. The lowest BCUT2D eigenvalue weighted by molar-refractivity contribution is 0.0228. The molecule has 1 heterocycles. The summed E-state index contributed by atoms with van der Waals surface area (Å²) in [5.41, 5.74) is 1.47. The van der Waals surface area contributed by atoms with Crippen LogP contribution in [0, 0.1) is 0 Å². The number of hydrogen-bond donors (Lipinski definition) is 0. The lowest BCUT2D eigenvalue weighted by atomic mass is 9.90. The molecule has 0 radical (unpaired) electrons. The Balaban J connectivity index is 2.06. The molecular weight excluding hydrogens is 152 g/mol. The molecule has 0 aromatic rings. The third-order valence-corrected chi connectivity index (χ3v) is 2.76. The first-order chi connectivity index (χ1) is 5.90. The molecule has 0 bridgehead atoms. The van der Waals surface area contributed by atoms with Gasteiger partial charge in [0.1, 0.15) is 0 Å². The Morgan fingerprint density at radius 2 is 2.42 bits per heavy atom. The Morgan fingerprint density at radius 3 is 3.25 bits per heavy atom. The molecule has 1 aliphatic heterocycles. The molecule has 0 saturated carbocycles. The fourth-order valence-electron chi connectivity index (χ4n) is 2.05. The van der Waals surface area contributed by atoms with Crippen LogP contribution in [0.1, 0.15) is 25.7 Å². The van der Waals surface area contributed by atoms with E-state index in [1.807, 2.05) is 0 Å². The van der Waals surface area contributed by atoms with Gasteiger partial charge in [-0.2, -0.15) is 0 Å². The molecule has 2 rings (SSSR count). The lowest BCUT2D eigenvalue weighted by Gasteiger charge is -2.31. The fourth-order valence-corrected chi connectivity index (χ4v) is 2.05. The monoisotopic (exact) mass is 168 g/mol. The first kappa shape index (κ1) is 8.27. The minimum Gasteiger partial charge on any atom is -0.377 e. The molecule has 0 amide bonds. The van der Waals surface area contributed by atoms with E-state index >= 15 is 0 Å². The molecule has 0 unspecified atom stereocenters. The van der Waals surface area contributed by atoms with E-state index in [1.165, 1.54) is 18.4 Å². The van der Waals surface area contributed by atoms with Crippen molar-refractivity contribution in [3.63, 3.8) is 0 Å². The highest BCUT2D eigenvalue weighted by Gasteiger charge is 2.25. The molecule has 1 fully saturated rings. The minimum absolute atomic E-state index is 0.345. The second-order valence-electron chi connectivity index (χ2n) is 3.56. The summed E-state index contributed by atoms with van der Waals surface area (Å²) in [6, 6.07) is 0. The molecule has 1 saturated heterocycles. The van der Waals surface area contributed by atoms with E-state index in [2.05, 4.69) is 6.08 Å². The Morgan fingerprint density at radius 1 is 1.50 bits per heavy atom. The number of fused-ring (bicyclic) bond motifs is 1. The summed E-state index contributed by atoms with van der Waals surface area (Å²) in [5.74, 6) is 0. The fraction of sp³-hybridized carbons (Fsp3) is 0.800. The highest BCUT2D eigenvalue weighted by Crippen LogP contribution is 2.29. The van der Waals surface area contributed by atoms with Crippen molar-refractivity contribution in [3.8, 4) is 0 Å². The van der Waals surface area contributed by atoms with Gasteiger partial charge in [-0.05, 0) is 31.3 Å². The average Bonchev–Trinajstić information content (AvgIpc) is 2.17. The Kier molecular flexibility index (Phi) is 2.47. The summed E-state index contributed by atoms with van der Waals surface area (Å²) in [4.78, 5) is 0. The third kappa shape index (κ3) is 1.54. The van der Waals surface area contributed by atoms with Gasteiger partial charge in [-0.3, -0.25) is 0 Å². The molecule has 0 spiro atoms. The summed E-state index contributed by atoms with van der Waals surface area (Å²) in [6.45, 7) is 0.944. The van der Waals surface area contributed by atoms with Crippen LogP contribution in [0.5, 0.6) is 0 Å². The predicted molar refractivity (Wildman–Crippen MR) is 47.1 cm³/mol. The zero-order valence-corrected chi connectivity index (χ0v) is 7.58. The molecule has 0 aromatic heterocycles. The topological polar surface area (TPSA) is 18.5 Å². The van der Waals surface area contributed by atoms with E-state index in [0.29, 0.717) is 12.2 Å². The van der Waals surface area contributed by atoms with Crippen molar-refractivity contribution >= 4 is 0 Å². The normalized spacial score (nSPS) is 35.6. The van der Waals surface area contributed by atoms with E-state index in [1.54, 1.807) is 7.11 Å². The van der Waals surface area contributed by atoms with Crippen molar-refractivity contribution in [2.75, 3.05) is 13.7 Å². The van der Waals surface area contributed by atoms with Crippen LogP contribution in [-0.4, -0.2) is 25.9 Å². The highest BCUT2D eigenvalue weighted by molar-refractivity contribution is 5.16. The van der Waals surface area contributed by atoms with Crippen molar-refractivity contribution in [1.82, 2.24) is 0 Å². The Labute approximate surface area is 73.5 Å². The summed E-state index contributed by atoms with van der Waals surface area (Å²) in [6.07, 6.45) is 7.68. The summed E-state index contributed by atoms with van der Waals surface area (Å²) < 4.78 is 11.0. The second kappa shape index (κ2) is 3.58. The second-order valence-corrected chi connectivity index (χ2v) is 3.56. The maximum absolute atomic E-state index is 5.65. The van der Waals surface area contributed by atoms with Crippen LogP contribution in [-0.2, 0) is 9.47 Å². The van der Waals surface area contributed by atoms with Gasteiger partial charge in [0.05, 0.1) is 12.2 Å². The third-order valence-electron chi connectivity index (χ3n) is 2.76. The van der Waals surface area contributed by atoms with Crippen LogP contribution in [0.3, 0.4) is 0 Å².